The lowest BCUT2D eigenvalue weighted by Crippen LogP contribution is -2.48. The highest BCUT2D eigenvalue weighted by Crippen LogP contribution is 2.39. The van der Waals surface area contributed by atoms with E-state index in [1.165, 1.54) is 12.8 Å². The van der Waals surface area contributed by atoms with Crippen molar-refractivity contribution in [3.8, 4) is 0 Å². The van der Waals surface area contributed by atoms with Gasteiger partial charge in [-0.05, 0) is 62.3 Å². The Morgan fingerprint density at radius 2 is 1.63 bits per heavy atom. The SMILES string of the molecule is Cn1c(Nc2c(Cl)ccc(CNC(=O)C(C)(C)C)c2Cl)nc2cc(C(=O)N[C@H]3CC[C@H](C(F)(F)F)CC3)c(N3CCN(C4CC4)CC3)cc21. The zero-order chi connectivity index (χ0) is 35.2. The van der Waals surface area contributed by atoms with Crippen LogP contribution in [0.3, 0.4) is 0 Å². The zero-order valence-electron chi connectivity index (χ0n) is 28.3. The minimum absolute atomic E-state index is 0.00795. The molecule has 0 bridgehead atoms. The number of hydrogen-bond acceptors (Lipinski definition) is 6. The number of nitrogens with one attached hydrogen (secondary N) is 3. The van der Waals surface area contributed by atoms with Crippen LogP contribution in [0, 0.1) is 11.3 Å². The molecule has 2 heterocycles. The highest BCUT2D eigenvalue weighted by molar-refractivity contribution is 6.39. The third-order valence-electron chi connectivity index (χ3n) is 10.0. The van der Waals surface area contributed by atoms with Gasteiger partial charge >= 0.3 is 6.18 Å². The summed E-state index contributed by atoms with van der Waals surface area (Å²) < 4.78 is 41.7. The molecule has 2 saturated carbocycles. The maximum absolute atomic E-state index is 13.9. The topological polar surface area (TPSA) is 94.5 Å². The van der Waals surface area contributed by atoms with E-state index in [0.717, 1.165) is 37.4 Å². The fraction of sp³-hybridized carbons (Fsp3) is 0.571. The van der Waals surface area contributed by atoms with E-state index in [1.54, 1.807) is 18.2 Å². The largest absolute Gasteiger partial charge is 0.391 e. The smallest absolute Gasteiger partial charge is 0.368 e. The fourth-order valence-corrected chi connectivity index (χ4v) is 7.31. The van der Waals surface area contributed by atoms with Crippen molar-refractivity contribution in [2.24, 2.45) is 18.4 Å². The molecule has 0 radical (unpaired) electrons. The minimum Gasteiger partial charge on any atom is -0.368 e. The third-order valence-corrected chi connectivity index (χ3v) is 10.8. The van der Waals surface area contributed by atoms with Crippen molar-refractivity contribution >= 4 is 63.4 Å². The Hall–Kier alpha value is -3.22. The molecule has 1 aliphatic heterocycles. The van der Waals surface area contributed by atoms with Crippen molar-refractivity contribution in [2.75, 3.05) is 36.4 Å². The summed E-state index contributed by atoms with van der Waals surface area (Å²) in [5.41, 5.74) is 3.13. The van der Waals surface area contributed by atoms with E-state index in [2.05, 4.69) is 25.8 Å². The molecule has 0 unspecified atom stereocenters. The van der Waals surface area contributed by atoms with Crippen LogP contribution in [0.5, 0.6) is 0 Å². The van der Waals surface area contributed by atoms with Gasteiger partial charge in [0.1, 0.15) is 0 Å². The summed E-state index contributed by atoms with van der Waals surface area (Å²) in [5.74, 6) is -1.29. The van der Waals surface area contributed by atoms with Crippen molar-refractivity contribution < 1.29 is 22.8 Å². The summed E-state index contributed by atoms with van der Waals surface area (Å²) in [6.45, 7) is 9.03. The number of aryl methyl sites for hydroxylation is 1. The molecule has 3 aromatic rings. The Bertz CT molecular complexity index is 1720. The predicted octanol–water partition coefficient (Wildman–Crippen LogP) is 7.42. The molecule has 0 spiro atoms. The number of rotatable bonds is 8. The predicted molar refractivity (Wildman–Crippen MR) is 188 cm³/mol. The van der Waals surface area contributed by atoms with Gasteiger partial charge in [-0.25, -0.2) is 4.98 Å². The molecule has 2 aromatic carbocycles. The summed E-state index contributed by atoms with van der Waals surface area (Å²) in [5, 5.41) is 9.96. The molecule has 6 rings (SSSR count). The van der Waals surface area contributed by atoms with Gasteiger partial charge in [-0.3, -0.25) is 14.5 Å². The summed E-state index contributed by atoms with van der Waals surface area (Å²) in [4.78, 5) is 35.9. The number of carbonyl (C=O) groups is 2. The van der Waals surface area contributed by atoms with E-state index in [4.69, 9.17) is 28.2 Å². The molecule has 1 aromatic heterocycles. The number of imidazole rings is 1. The molecule has 14 heteroatoms. The Labute approximate surface area is 294 Å². The number of amides is 2. The van der Waals surface area contributed by atoms with Gasteiger partial charge in [0.15, 0.2) is 0 Å². The first-order chi connectivity index (χ1) is 23.1. The molecule has 2 amide bonds. The Kier molecular flexibility index (Phi) is 10.0. The lowest BCUT2D eigenvalue weighted by Gasteiger charge is -2.37. The highest BCUT2D eigenvalue weighted by Gasteiger charge is 2.42. The second-order valence-electron chi connectivity index (χ2n) is 14.6. The maximum Gasteiger partial charge on any atom is 0.391 e. The van der Waals surface area contributed by atoms with Crippen molar-refractivity contribution in [3.05, 3.63) is 45.4 Å². The summed E-state index contributed by atoms with van der Waals surface area (Å²) in [6.07, 6.45) is -1.18. The van der Waals surface area contributed by atoms with Crippen LogP contribution in [-0.4, -0.2) is 70.7 Å². The molecule has 2 aliphatic carbocycles. The second kappa shape index (κ2) is 13.8. The summed E-state index contributed by atoms with van der Waals surface area (Å²) in [6, 6.07) is 7.53. The van der Waals surface area contributed by atoms with Crippen LogP contribution in [0.2, 0.25) is 10.0 Å². The minimum atomic E-state index is -4.21. The molecule has 3 N–H and O–H groups in total. The number of anilines is 3. The van der Waals surface area contributed by atoms with E-state index in [-0.39, 0.29) is 50.1 Å². The Balaban J connectivity index is 1.28. The number of fused-ring (bicyclic) bond motifs is 1. The fourth-order valence-electron chi connectivity index (χ4n) is 6.78. The van der Waals surface area contributed by atoms with Gasteiger partial charge in [0.25, 0.3) is 5.91 Å². The molecule has 266 valence electrons. The number of nitrogens with zero attached hydrogens (tertiary/aromatic N) is 4. The van der Waals surface area contributed by atoms with E-state index >= 15 is 0 Å². The monoisotopic (exact) mass is 721 g/mol. The van der Waals surface area contributed by atoms with E-state index in [9.17, 15) is 22.8 Å². The van der Waals surface area contributed by atoms with Gasteiger partial charge in [0, 0.05) is 57.3 Å². The van der Waals surface area contributed by atoms with Crippen LogP contribution in [0.15, 0.2) is 24.3 Å². The van der Waals surface area contributed by atoms with Gasteiger partial charge in [0.05, 0.1) is 43.9 Å². The van der Waals surface area contributed by atoms with Crippen molar-refractivity contribution in [2.45, 2.75) is 84.1 Å². The van der Waals surface area contributed by atoms with Gasteiger partial charge in [-0.15, -0.1) is 0 Å². The standard InChI is InChI=1S/C35H44Cl2F3N7O2/c1-34(2,3)32(49)41-19-20-5-12-25(36)30(29(20)37)44-33-43-26-17-24(31(48)42-22-8-6-21(7-9-22)35(38,39)40)27(18-28(26)45(33)4)47-15-13-46(14-16-47)23-10-11-23/h5,12,17-18,21-23H,6-11,13-16,19H2,1-4H3,(H,41,49)(H,42,48)(H,43,44)/t21-,22-. The average Bonchev–Trinajstić information content (AvgIpc) is 3.86. The molecule has 1 saturated heterocycles. The lowest BCUT2D eigenvalue weighted by molar-refractivity contribution is -0.182. The van der Waals surface area contributed by atoms with Crippen molar-refractivity contribution in [1.29, 1.82) is 0 Å². The van der Waals surface area contributed by atoms with Crippen molar-refractivity contribution in [3.63, 3.8) is 0 Å². The van der Waals surface area contributed by atoms with E-state index in [0.29, 0.717) is 44.4 Å². The molecule has 0 atom stereocenters. The molecular weight excluding hydrogens is 678 g/mol. The van der Waals surface area contributed by atoms with Gasteiger partial charge in [-0.1, -0.05) is 50.0 Å². The number of halogens is 5. The molecular formula is C35H44Cl2F3N7O2. The quantitative estimate of drug-likeness (QED) is 0.224. The third kappa shape index (κ3) is 7.91. The average molecular weight is 723 g/mol. The summed E-state index contributed by atoms with van der Waals surface area (Å²) >= 11 is 13.4. The lowest BCUT2D eigenvalue weighted by atomic mass is 9.85. The molecule has 3 aliphatic rings. The Morgan fingerprint density at radius 3 is 2.24 bits per heavy atom. The number of hydrogen-bond donors (Lipinski definition) is 3. The number of alkyl halides is 3. The van der Waals surface area contributed by atoms with Crippen LogP contribution >= 0.6 is 23.2 Å². The first-order valence-electron chi connectivity index (χ1n) is 17.0. The van der Waals surface area contributed by atoms with E-state index < -0.39 is 17.5 Å². The maximum atomic E-state index is 13.9. The van der Waals surface area contributed by atoms with Crippen LogP contribution in [-0.2, 0) is 18.4 Å². The van der Waals surface area contributed by atoms with Gasteiger partial charge in [-0.2, -0.15) is 13.2 Å². The Morgan fingerprint density at radius 1 is 0.959 bits per heavy atom. The van der Waals surface area contributed by atoms with Gasteiger partial charge < -0.3 is 25.4 Å². The zero-order valence-corrected chi connectivity index (χ0v) is 29.8. The van der Waals surface area contributed by atoms with Crippen LogP contribution in [0.1, 0.15) is 75.2 Å². The van der Waals surface area contributed by atoms with Gasteiger partial charge in [0.2, 0.25) is 11.9 Å². The highest BCUT2D eigenvalue weighted by atomic mass is 35.5. The van der Waals surface area contributed by atoms with E-state index in [1.807, 2.05) is 38.5 Å². The first kappa shape index (κ1) is 35.6. The van der Waals surface area contributed by atoms with Crippen LogP contribution < -0.4 is 20.9 Å². The molecule has 49 heavy (non-hydrogen) atoms. The van der Waals surface area contributed by atoms with Crippen molar-refractivity contribution in [1.82, 2.24) is 25.1 Å². The van der Waals surface area contributed by atoms with Crippen LogP contribution in [0.25, 0.3) is 11.0 Å². The number of piperazine rings is 1. The second-order valence-corrected chi connectivity index (χ2v) is 15.4. The summed E-state index contributed by atoms with van der Waals surface area (Å²) in [7, 11) is 1.86. The number of carbonyl (C=O) groups excluding carboxylic acids is 2. The van der Waals surface area contributed by atoms with Crippen LogP contribution in [0.4, 0.5) is 30.5 Å². The molecule has 3 fully saturated rings. The number of aromatic nitrogens is 2. The number of benzene rings is 2. The molecule has 9 nitrogen and oxygen atoms in total. The first-order valence-corrected chi connectivity index (χ1v) is 17.7. The normalized spacial score (nSPS) is 20.8.